The van der Waals surface area contributed by atoms with Crippen LogP contribution in [0.4, 0.5) is 0 Å². The van der Waals surface area contributed by atoms with Crippen LogP contribution in [-0.2, 0) is 4.79 Å². The van der Waals surface area contributed by atoms with Crippen molar-refractivity contribution in [3.05, 3.63) is 0 Å². The molecule has 0 heterocycles. The monoisotopic (exact) mass is 238 g/mol. The number of unbranched alkanes of at least 4 members (excludes halogenated alkanes) is 1. The van der Waals surface area contributed by atoms with Gasteiger partial charge in [-0.1, -0.05) is 38.5 Å². The first-order chi connectivity index (χ1) is 8.33. The summed E-state index contributed by atoms with van der Waals surface area (Å²) in [6, 6.07) is 0. The summed E-state index contributed by atoms with van der Waals surface area (Å²) in [5.74, 6) is 1.64. The third-order valence-corrected chi connectivity index (χ3v) is 3.58. The van der Waals surface area contributed by atoms with E-state index in [1.807, 2.05) is 0 Å². The zero-order valence-corrected chi connectivity index (χ0v) is 10.9. The van der Waals surface area contributed by atoms with Crippen molar-refractivity contribution in [2.75, 3.05) is 6.54 Å². The lowest BCUT2D eigenvalue weighted by molar-refractivity contribution is -0.107. The molecule has 1 rings (SSSR count). The molecule has 0 amide bonds. The zero-order valence-electron chi connectivity index (χ0n) is 10.9. The smallest absolute Gasteiger partial charge is 0.120 e. The molecule has 1 aliphatic carbocycles. The van der Waals surface area contributed by atoms with E-state index in [-0.39, 0.29) is 0 Å². The molecule has 0 atom stereocenters. The molecule has 1 fully saturated rings. The van der Waals surface area contributed by atoms with Crippen LogP contribution in [0.3, 0.4) is 0 Å². The topological polar surface area (TPSA) is 55.4 Å². The molecule has 3 heteroatoms. The number of aldehydes is 1. The Balaban J connectivity index is 2.12. The molecule has 0 unspecified atom stereocenters. The van der Waals surface area contributed by atoms with Gasteiger partial charge in [0.15, 0.2) is 0 Å². The lowest BCUT2D eigenvalue weighted by Gasteiger charge is -2.13. The van der Waals surface area contributed by atoms with E-state index in [0.29, 0.717) is 13.0 Å². The highest BCUT2D eigenvalue weighted by molar-refractivity contribution is 5.80. The summed E-state index contributed by atoms with van der Waals surface area (Å²) >= 11 is 0. The minimum atomic E-state index is 0.597. The number of aliphatic imine (C=N–C) groups is 1. The van der Waals surface area contributed by atoms with E-state index in [0.717, 1.165) is 30.9 Å². The highest BCUT2D eigenvalue weighted by atomic mass is 16.1. The number of rotatable bonds is 7. The van der Waals surface area contributed by atoms with Crippen molar-refractivity contribution >= 4 is 12.1 Å². The van der Waals surface area contributed by atoms with Crippen LogP contribution in [0.5, 0.6) is 0 Å². The normalized spacial score (nSPS) is 18.9. The number of carbonyl (C=O) groups is 1. The average Bonchev–Trinajstić information content (AvgIpc) is 2.60. The second kappa shape index (κ2) is 9.20. The summed E-state index contributed by atoms with van der Waals surface area (Å²) in [6.07, 6.45) is 12.8. The van der Waals surface area contributed by atoms with Crippen molar-refractivity contribution in [1.82, 2.24) is 0 Å². The van der Waals surface area contributed by atoms with Crippen molar-refractivity contribution in [1.29, 1.82) is 0 Å². The number of hydrogen-bond donors (Lipinski definition) is 1. The van der Waals surface area contributed by atoms with Gasteiger partial charge in [0.05, 0.1) is 5.84 Å². The summed E-state index contributed by atoms with van der Waals surface area (Å²) in [6.45, 7) is 0.704. The Bertz CT molecular complexity index is 230. The van der Waals surface area contributed by atoms with Crippen molar-refractivity contribution in [2.45, 2.75) is 64.2 Å². The predicted molar refractivity (Wildman–Crippen MR) is 72.2 cm³/mol. The van der Waals surface area contributed by atoms with Crippen molar-refractivity contribution < 1.29 is 4.79 Å². The molecule has 1 aliphatic rings. The SMILES string of the molecule is NC(CCC1CCCCCC1)=NCCCC=O. The molecule has 0 aliphatic heterocycles. The fraction of sp³-hybridized carbons (Fsp3) is 0.857. The van der Waals surface area contributed by atoms with Gasteiger partial charge in [0.25, 0.3) is 0 Å². The van der Waals surface area contributed by atoms with Gasteiger partial charge in [0.2, 0.25) is 0 Å². The maximum Gasteiger partial charge on any atom is 0.120 e. The Morgan fingerprint density at radius 1 is 1.24 bits per heavy atom. The van der Waals surface area contributed by atoms with E-state index >= 15 is 0 Å². The molecule has 98 valence electrons. The maximum absolute atomic E-state index is 10.1. The van der Waals surface area contributed by atoms with Gasteiger partial charge < -0.3 is 10.5 Å². The quantitative estimate of drug-likeness (QED) is 0.244. The Labute approximate surface area is 105 Å². The lowest BCUT2D eigenvalue weighted by Crippen LogP contribution is -2.14. The molecule has 3 nitrogen and oxygen atoms in total. The molecule has 0 aromatic carbocycles. The van der Waals surface area contributed by atoms with Crippen LogP contribution in [0.25, 0.3) is 0 Å². The second-order valence-electron chi connectivity index (χ2n) is 5.08. The molecule has 2 N–H and O–H groups in total. The van der Waals surface area contributed by atoms with E-state index in [9.17, 15) is 4.79 Å². The van der Waals surface area contributed by atoms with Crippen LogP contribution in [0.1, 0.15) is 64.2 Å². The van der Waals surface area contributed by atoms with E-state index in [4.69, 9.17) is 5.73 Å². The van der Waals surface area contributed by atoms with Crippen LogP contribution >= 0.6 is 0 Å². The number of carbonyl (C=O) groups excluding carboxylic acids is 1. The van der Waals surface area contributed by atoms with Crippen molar-refractivity contribution in [3.63, 3.8) is 0 Å². The number of nitrogens with zero attached hydrogens (tertiary/aromatic N) is 1. The van der Waals surface area contributed by atoms with Crippen LogP contribution in [0, 0.1) is 5.92 Å². The number of nitrogens with two attached hydrogens (primary N) is 1. The number of hydrogen-bond acceptors (Lipinski definition) is 2. The Morgan fingerprint density at radius 3 is 2.59 bits per heavy atom. The van der Waals surface area contributed by atoms with Gasteiger partial charge in [-0.25, -0.2) is 0 Å². The van der Waals surface area contributed by atoms with Crippen LogP contribution in [-0.4, -0.2) is 18.7 Å². The van der Waals surface area contributed by atoms with Crippen molar-refractivity contribution in [2.24, 2.45) is 16.6 Å². The van der Waals surface area contributed by atoms with Gasteiger partial charge in [-0.3, -0.25) is 4.99 Å². The molecule has 17 heavy (non-hydrogen) atoms. The third-order valence-electron chi connectivity index (χ3n) is 3.58. The molecule has 1 saturated carbocycles. The zero-order chi connectivity index (χ0) is 12.3. The first-order valence-corrected chi connectivity index (χ1v) is 7.05. The van der Waals surface area contributed by atoms with Crippen LogP contribution in [0.15, 0.2) is 4.99 Å². The molecular formula is C14H26N2O. The Kier molecular flexibility index (Phi) is 7.69. The summed E-state index contributed by atoms with van der Waals surface area (Å²) in [5.41, 5.74) is 5.87. The fourth-order valence-electron chi connectivity index (χ4n) is 2.48. The van der Waals surface area contributed by atoms with Gasteiger partial charge in [0.1, 0.15) is 6.29 Å². The molecule has 0 aromatic heterocycles. The highest BCUT2D eigenvalue weighted by Gasteiger charge is 2.12. The first kappa shape index (κ1) is 14.2. The standard InChI is InChI=1S/C14H26N2O/c15-14(16-11-5-6-12-17)10-9-13-7-3-1-2-4-8-13/h12-13H,1-11H2,(H2,15,16). The minimum Gasteiger partial charge on any atom is -0.387 e. The van der Waals surface area contributed by atoms with E-state index in [1.54, 1.807) is 0 Å². The summed E-state index contributed by atoms with van der Waals surface area (Å²) in [7, 11) is 0. The van der Waals surface area contributed by atoms with Crippen LogP contribution < -0.4 is 5.73 Å². The summed E-state index contributed by atoms with van der Waals surface area (Å²) < 4.78 is 0. The van der Waals surface area contributed by atoms with E-state index < -0.39 is 0 Å². The minimum absolute atomic E-state index is 0.597. The van der Waals surface area contributed by atoms with Gasteiger partial charge in [-0.05, 0) is 18.8 Å². The molecule has 0 spiro atoms. The first-order valence-electron chi connectivity index (χ1n) is 7.05. The predicted octanol–water partition coefficient (Wildman–Crippen LogP) is 3.07. The molecule has 0 radical (unpaired) electrons. The Hall–Kier alpha value is -0.860. The largest absolute Gasteiger partial charge is 0.387 e. The Morgan fingerprint density at radius 2 is 1.94 bits per heavy atom. The molecule has 0 saturated heterocycles. The van der Waals surface area contributed by atoms with Gasteiger partial charge in [-0.15, -0.1) is 0 Å². The lowest BCUT2D eigenvalue weighted by atomic mass is 9.95. The van der Waals surface area contributed by atoms with Gasteiger partial charge in [0, 0.05) is 19.4 Å². The fourth-order valence-corrected chi connectivity index (χ4v) is 2.48. The molecule has 0 aromatic rings. The average molecular weight is 238 g/mol. The highest BCUT2D eigenvalue weighted by Crippen LogP contribution is 2.26. The third kappa shape index (κ3) is 7.14. The maximum atomic E-state index is 10.1. The summed E-state index contributed by atoms with van der Waals surface area (Å²) in [5, 5.41) is 0. The van der Waals surface area contributed by atoms with Crippen molar-refractivity contribution in [3.8, 4) is 0 Å². The van der Waals surface area contributed by atoms with Gasteiger partial charge in [-0.2, -0.15) is 0 Å². The molecular weight excluding hydrogens is 212 g/mol. The van der Waals surface area contributed by atoms with Gasteiger partial charge >= 0.3 is 0 Å². The summed E-state index contributed by atoms with van der Waals surface area (Å²) in [4.78, 5) is 14.4. The second-order valence-corrected chi connectivity index (χ2v) is 5.08. The molecule has 0 bridgehead atoms. The van der Waals surface area contributed by atoms with E-state index in [2.05, 4.69) is 4.99 Å². The van der Waals surface area contributed by atoms with E-state index in [1.165, 1.54) is 44.9 Å². The van der Waals surface area contributed by atoms with Crippen LogP contribution in [0.2, 0.25) is 0 Å². The number of amidine groups is 1.